The maximum atomic E-state index is 12.2. The van der Waals surface area contributed by atoms with Crippen molar-refractivity contribution in [1.29, 1.82) is 0 Å². The third-order valence-electron chi connectivity index (χ3n) is 13.0. The molecular weight excluding hydrogens is 857 g/mol. The molecule has 0 unspecified atom stereocenters. The number of carbonyl (C=O) groups is 1. The van der Waals surface area contributed by atoms with Crippen LogP contribution in [0.15, 0.2) is 70.8 Å². The molecule has 6 aromatic rings. The topological polar surface area (TPSA) is 76.2 Å². The summed E-state index contributed by atoms with van der Waals surface area (Å²) in [6.07, 6.45) is 10.00. The molecule has 0 bridgehead atoms. The summed E-state index contributed by atoms with van der Waals surface area (Å²) in [5, 5.41) is 15.9. The molecule has 0 atom stereocenters. The molecule has 293 valence electrons. The van der Waals surface area contributed by atoms with Gasteiger partial charge in [0.1, 0.15) is 17.2 Å². The van der Waals surface area contributed by atoms with Crippen molar-refractivity contribution < 1.29 is 34.4 Å². The van der Waals surface area contributed by atoms with Gasteiger partial charge in [0.2, 0.25) is 0 Å². The molecule has 1 fully saturated rings. The average molecular weight is 916 g/mol. The zero-order valence-corrected chi connectivity index (χ0v) is 37.0. The van der Waals surface area contributed by atoms with Crippen LogP contribution >= 0.6 is 0 Å². The van der Waals surface area contributed by atoms with Gasteiger partial charge in [-0.25, -0.2) is 4.98 Å². The van der Waals surface area contributed by atoms with Crippen molar-refractivity contribution in [3.63, 3.8) is 0 Å². The van der Waals surface area contributed by atoms with E-state index in [1.807, 2.05) is 59.7 Å². The Kier molecular flexibility index (Phi) is 13.1. The van der Waals surface area contributed by atoms with Crippen molar-refractivity contribution in [3.05, 3.63) is 95.0 Å². The number of para-hydroxylation sites is 1. The second-order valence-corrected chi connectivity index (χ2v) is 16.5. The van der Waals surface area contributed by atoms with Crippen LogP contribution < -0.4 is 0 Å². The Morgan fingerprint density at radius 3 is 2.20 bits per heavy atom. The number of nitrogens with zero attached hydrogens (tertiary/aromatic N) is 2. The number of aliphatic hydroxyl groups is 1. The molecule has 7 rings (SSSR count). The molecule has 1 saturated carbocycles. The van der Waals surface area contributed by atoms with Crippen LogP contribution in [0.4, 0.5) is 0 Å². The number of aryl methyl sites for hydroxylation is 2. The van der Waals surface area contributed by atoms with Gasteiger partial charge in [-0.15, -0.1) is 18.2 Å². The minimum atomic E-state index is -0.337. The van der Waals surface area contributed by atoms with Gasteiger partial charge in [-0.05, 0) is 91.8 Å². The number of allylic oxidation sites excluding steroid dienone is 2. The number of aromatic nitrogens is 2. The van der Waals surface area contributed by atoms with Gasteiger partial charge in [-0.3, -0.25) is 9.78 Å². The fourth-order valence-electron chi connectivity index (χ4n) is 8.33. The van der Waals surface area contributed by atoms with Crippen LogP contribution in [0, 0.1) is 30.7 Å². The summed E-state index contributed by atoms with van der Waals surface area (Å²) in [5.41, 5.74) is 8.32. The number of aliphatic hydroxyl groups excluding tert-OH is 1. The summed E-state index contributed by atoms with van der Waals surface area (Å²) >= 11 is 0. The van der Waals surface area contributed by atoms with Gasteiger partial charge >= 0.3 is 0 Å². The Hall–Kier alpha value is -3.86. The molecule has 6 heteroatoms. The van der Waals surface area contributed by atoms with Crippen LogP contribution in [0.25, 0.3) is 54.9 Å². The van der Waals surface area contributed by atoms with Crippen molar-refractivity contribution in [2.75, 3.05) is 0 Å². The number of benzene rings is 4. The van der Waals surface area contributed by atoms with Gasteiger partial charge in [-0.2, -0.15) is 0 Å². The first kappa shape index (κ1) is 42.3. The molecule has 5 nitrogen and oxygen atoms in total. The maximum Gasteiger partial charge on any atom is 0.164 e. The molecular formula is C49H59IrN2O3-. The molecule has 0 amide bonds. The largest absolute Gasteiger partial charge is 0.512 e. The molecule has 2 heterocycles. The molecule has 0 aliphatic heterocycles. The van der Waals surface area contributed by atoms with Crippen LogP contribution in [0.5, 0.6) is 0 Å². The van der Waals surface area contributed by atoms with Crippen molar-refractivity contribution in [2.24, 2.45) is 10.8 Å². The fraction of sp³-hybridized carbons (Fsp3) is 0.449. The van der Waals surface area contributed by atoms with E-state index in [0.29, 0.717) is 5.92 Å². The number of hydrogen-bond donors (Lipinski definition) is 1. The monoisotopic (exact) mass is 916 g/mol. The van der Waals surface area contributed by atoms with E-state index in [1.165, 1.54) is 59.2 Å². The molecule has 1 N–H and O–H groups in total. The summed E-state index contributed by atoms with van der Waals surface area (Å²) in [6, 6.07) is 22.6. The summed E-state index contributed by atoms with van der Waals surface area (Å²) < 4.78 is 6.41. The van der Waals surface area contributed by atoms with Crippen LogP contribution in [-0.2, 0) is 24.9 Å². The second-order valence-electron chi connectivity index (χ2n) is 16.5. The molecule has 55 heavy (non-hydrogen) atoms. The van der Waals surface area contributed by atoms with Gasteiger partial charge in [-0.1, -0.05) is 116 Å². The molecule has 1 radical (unpaired) electrons. The smallest absolute Gasteiger partial charge is 0.164 e. The number of furan rings is 1. The fourth-order valence-corrected chi connectivity index (χ4v) is 8.33. The summed E-state index contributed by atoms with van der Waals surface area (Å²) in [4.78, 5) is 22.5. The van der Waals surface area contributed by atoms with Gasteiger partial charge < -0.3 is 9.52 Å². The van der Waals surface area contributed by atoms with E-state index in [1.54, 1.807) is 0 Å². The summed E-state index contributed by atoms with van der Waals surface area (Å²) in [7, 11) is 0. The number of ketones is 1. The van der Waals surface area contributed by atoms with Crippen molar-refractivity contribution in [2.45, 2.75) is 132 Å². The SMILES string of the molecule is CCC(C)(CC)C(=O)/C=C(\O)C(C)(CC)CC.Cc1cc2ccc3c(-c4[c-]ccc5c4oc4ccccc45)nc(C(C)C)nc3c2c(C)c1C1CCCC1.[Ir]. The predicted molar refractivity (Wildman–Crippen MR) is 226 cm³/mol. The molecule has 0 spiro atoms. The van der Waals surface area contributed by atoms with E-state index in [4.69, 9.17) is 14.4 Å². The minimum absolute atomic E-state index is 0. The Morgan fingerprint density at radius 1 is 0.909 bits per heavy atom. The van der Waals surface area contributed by atoms with Crippen LogP contribution in [-0.4, -0.2) is 20.9 Å². The zero-order chi connectivity index (χ0) is 38.9. The quantitative estimate of drug-likeness (QED) is 0.0641. The third-order valence-corrected chi connectivity index (χ3v) is 13.0. The van der Waals surface area contributed by atoms with Crippen LogP contribution in [0.2, 0.25) is 0 Å². The zero-order valence-electron chi connectivity index (χ0n) is 34.6. The number of hydrogen-bond acceptors (Lipinski definition) is 5. The maximum absolute atomic E-state index is 12.2. The van der Waals surface area contributed by atoms with Gasteiger partial charge in [0, 0.05) is 59.4 Å². The van der Waals surface area contributed by atoms with E-state index in [0.717, 1.165) is 75.6 Å². The Balaban J connectivity index is 0.000000276. The Morgan fingerprint density at radius 2 is 1.56 bits per heavy atom. The second kappa shape index (κ2) is 17.1. The van der Waals surface area contributed by atoms with Crippen LogP contribution in [0.1, 0.15) is 141 Å². The first-order valence-electron chi connectivity index (χ1n) is 20.3. The van der Waals surface area contributed by atoms with Crippen molar-refractivity contribution in [3.8, 4) is 11.3 Å². The Labute approximate surface area is 341 Å². The first-order chi connectivity index (χ1) is 25.8. The van der Waals surface area contributed by atoms with E-state index in [9.17, 15) is 9.90 Å². The summed E-state index contributed by atoms with van der Waals surface area (Å²) in [5.74, 6) is 2.00. The molecule has 2 aromatic heterocycles. The molecule has 1 aliphatic rings. The molecule has 1 aliphatic carbocycles. The van der Waals surface area contributed by atoms with E-state index < -0.39 is 0 Å². The van der Waals surface area contributed by atoms with Crippen LogP contribution in [0.3, 0.4) is 0 Å². The average Bonchev–Trinajstić information content (AvgIpc) is 3.85. The predicted octanol–water partition coefficient (Wildman–Crippen LogP) is 14.2. The van der Waals surface area contributed by atoms with Crippen molar-refractivity contribution >= 4 is 49.4 Å². The minimum Gasteiger partial charge on any atom is -0.512 e. The van der Waals surface area contributed by atoms with Crippen molar-refractivity contribution in [1.82, 2.24) is 9.97 Å². The molecule has 0 saturated heterocycles. The van der Waals surface area contributed by atoms with Gasteiger partial charge in [0.05, 0.1) is 11.1 Å². The van der Waals surface area contributed by atoms with E-state index >= 15 is 0 Å². The number of carbonyl (C=O) groups excluding carboxylic acids is 1. The number of fused-ring (bicyclic) bond motifs is 6. The third kappa shape index (κ3) is 7.92. The first-order valence-corrected chi connectivity index (χ1v) is 20.3. The Bertz CT molecular complexity index is 2350. The van der Waals surface area contributed by atoms with E-state index in [-0.39, 0.29) is 48.4 Å². The van der Waals surface area contributed by atoms with Gasteiger partial charge in [0.25, 0.3) is 0 Å². The van der Waals surface area contributed by atoms with E-state index in [2.05, 4.69) is 70.2 Å². The standard InChI is InChI=1S/C34H31N2O.C15H28O2.Ir/c1-19(2)34-35-31(27-14-9-13-25-24-12-7-8-15-28(24)37-33(25)27)26-17-16-23-18-20(3)29(22-10-5-6-11-22)21(4)30(23)32(26)36-34;1-7-14(5,8-2)12(16)11-13(17)15(6,9-3)10-4;/h7-9,12-13,15-19,22H,5-6,10-11H2,1-4H3;11,16H,7-10H2,1-6H3;/q-1;;/b;12-11-;. The summed E-state index contributed by atoms with van der Waals surface area (Å²) in [6.45, 7) is 21.0. The molecule has 4 aromatic carbocycles. The number of rotatable bonds is 10. The van der Waals surface area contributed by atoms with Gasteiger partial charge in [0.15, 0.2) is 5.78 Å². The normalized spacial score (nSPS) is 14.2.